The smallest absolute Gasteiger partial charge is 0.289 e. The number of benzene rings is 1. The molecule has 0 N–H and O–H groups in total. The summed E-state index contributed by atoms with van der Waals surface area (Å²) in [6, 6.07) is 9.86. The number of nitrogens with zero attached hydrogens (tertiary/aromatic N) is 1. The molecule has 0 aliphatic carbocycles. The number of hydrogen-bond acceptors (Lipinski definition) is 4. The van der Waals surface area contributed by atoms with E-state index in [1.54, 1.807) is 41.3 Å². The number of rotatable bonds is 4. The lowest BCUT2D eigenvalue weighted by Crippen LogP contribution is -2.34. The van der Waals surface area contributed by atoms with E-state index in [0.717, 1.165) is 25.7 Å². The van der Waals surface area contributed by atoms with Crippen molar-refractivity contribution in [3.05, 3.63) is 54.0 Å². The van der Waals surface area contributed by atoms with E-state index in [1.165, 1.54) is 12.7 Å². The van der Waals surface area contributed by atoms with Crippen molar-refractivity contribution >= 4 is 15.7 Å². The van der Waals surface area contributed by atoms with Crippen LogP contribution in [0.4, 0.5) is 0 Å². The summed E-state index contributed by atoms with van der Waals surface area (Å²) in [4.78, 5) is 14.8. The van der Waals surface area contributed by atoms with Gasteiger partial charge in [0.1, 0.15) is 0 Å². The first-order valence-electron chi connectivity index (χ1n) is 8.71. The van der Waals surface area contributed by atoms with E-state index >= 15 is 0 Å². The predicted molar refractivity (Wildman–Crippen MR) is 95.0 cm³/mol. The zero-order chi connectivity index (χ0) is 17.7. The molecule has 1 amide bonds. The van der Waals surface area contributed by atoms with E-state index in [4.69, 9.17) is 4.42 Å². The number of carbonyl (C=O) groups excluding carboxylic acids is 1. The SMILES string of the molecule is O=C(c1occc1CS(=O)(=O)c1ccccc1)N1CCCCCCC1. The minimum absolute atomic E-state index is 0.153. The molecule has 1 aromatic heterocycles. The zero-order valence-electron chi connectivity index (χ0n) is 14.2. The van der Waals surface area contributed by atoms with Crippen LogP contribution in [0.25, 0.3) is 0 Å². The molecule has 2 heterocycles. The van der Waals surface area contributed by atoms with E-state index < -0.39 is 9.84 Å². The van der Waals surface area contributed by atoms with Crippen molar-refractivity contribution in [2.24, 2.45) is 0 Å². The Labute approximate surface area is 148 Å². The van der Waals surface area contributed by atoms with Gasteiger partial charge in [0, 0.05) is 18.7 Å². The molecule has 5 nitrogen and oxygen atoms in total. The van der Waals surface area contributed by atoms with Crippen molar-refractivity contribution < 1.29 is 17.6 Å². The van der Waals surface area contributed by atoms with Gasteiger partial charge < -0.3 is 9.32 Å². The van der Waals surface area contributed by atoms with Gasteiger partial charge in [-0.25, -0.2) is 8.42 Å². The highest BCUT2D eigenvalue weighted by atomic mass is 32.2. The fraction of sp³-hybridized carbons (Fsp3) is 0.421. The molecule has 25 heavy (non-hydrogen) atoms. The second-order valence-electron chi connectivity index (χ2n) is 6.41. The van der Waals surface area contributed by atoms with Gasteiger partial charge in [-0.05, 0) is 31.0 Å². The van der Waals surface area contributed by atoms with Crippen molar-refractivity contribution in [1.29, 1.82) is 0 Å². The van der Waals surface area contributed by atoms with E-state index in [0.29, 0.717) is 18.7 Å². The van der Waals surface area contributed by atoms with Gasteiger partial charge >= 0.3 is 0 Å². The van der Waals surface area contributed by atoms with E-state index in [1.807, 2.05) is 0 Å². The number of carbonyl (C=O) groups is 1. The zero-order valence-corrected chi connectivity index (χ0v) is 15.0. The summed E-state index contributed by atoms with van der Waals surface area (Å²) in [6.07, 6.45) is 6.80. The summed E-state index contributed by atoms with van der Waals surface area (Å²) in [5.41, 5.74) is 0.427. The Bertz CT molecular complexity index is 803. The van der Waals surface area contributed by atoms with Crippen molar-refractivity contribution in [3.8, 4) is 0 Å². The molecule has 1 fully saturated rings. The van der Waals surface area contributed by atoms with Gasteiger partial charge in [-0.2, -0.15) is 0 Å². The molecule has 0 bridgehead atoms. The van der Waals surface area contributed by atoms with Gasteiger partial charge in [-0.1, -0.05) is 37.5 Å². The standard InChI is InChI=1S/C19H23NO4S/c21-19(20-12-7-2-1-3-8-13-20)18-16(11-14-24-18)15-25(22,23)17-9-5-4-6-10-17/h4-6,9-11,14H,1-3,7-8,12-13,15H2. The van der Waals surface area contributed by atoms with Crippen molar-refractivity contribution in [1.82, 2.24) is 4.90 Å². The van der Waals surface area contributed by atoms with Crippen LogP contribution in [0.2, 0.25) is 0 Å². The minimum atomic E-state index is -3.51. The molecule has 1 aromatic carbocycles. The van der Waals surface area contributed by atoms with Crippen LogP contribution >= 0.6 is 0 Å². The molecule has 134 valence electrons. The first-order valence-corrected chi connectivity index (χ1v) is 10.4. The Balaban J connectivity index is 1.79. The van der Waals surface area contributed by atoms with Gasteiger partial charge in [0.15, 0.2) is 15.6 Å². The van der Waals surface area contributed by atoms with Crippen molar-refractivity contribution in [2.45, 2.75) is 42.8 Å². The fourth-order valence-corrected chi connectivity index (χ4v) is 4.52. The molecule has 2 aromatic rings. The van der Waals surface area contributed by atoms with E-state index in [-0.39, 0.29) is 22.3 Å². The molecule has 1 aliphatic rings. The summed E-state index contributed by atoms with van der Waals surface area (Å²) >= 11 is 0. The third kappa shape index (κ3) is 4.31. The molecule has 0 atom stereocenters. The van der Waals surface area contributed by atoms with Crippen LogP contribution in [0.3, 0.4) is 0 Å². The molecular formula is C19H23NO4S. The maximum Gasteiger partial charge on any atom is 0.289 e. The first-order chi connectivity index (χ1) is 12.1. The average molecular weight is 361 g/mol. The van der Waals surface area contributed by atoms with Crippen LogP contribution in [0.1, 0.15) is 48.2 Å². The average Bonchev–Trinajstić information content (AvgIpc) is 3.02. The monoisotopic (exact) mass is 361 g/mol. The molecule has 3 rings (SSSR count). The maximum absolute atomic E-state index is 12.8. The molecule has 1 aliphatic heterocycles. The number of likely N-dealkylation sites (tertiary alicyclic amines) is 1. The highest BCUT2D eigenvalue weighted by Crippen LogP contribution is 2.22. The molecule has 1 saturated heterocycles. The molecule has 6 heteroatoms. The predicted octanol–water partition coefficient (Wildman–Crippen LogP) is 3.66. The van der Waals surface area contributed by atoms with Crippen LogP contribution in [0.15, 0.2) is 52.0 Å². The topological polar surface area (TPSA) is 67.6 Å². The van der Waals surface area contributed by atoms with Crippen LogP contribution in [-0.4, -0.2) is 32.3 Å². The van der Waals surface area contributed by atoms with Crippen LogP contribution in [0.5, 0.6) is 0 Å². The summed E-state index contributed by atoms with van der Waals surface area (Å²) in [5.74, 6) is -0.284. The molecular weight excluding hydrogens is 338 g/mol. The molecule has 0 radical (unpaired) electrons. The van der Waals surface area contributed by atoms with Gasteiger partial charge in [0.05, 0.1) is 16.9 Å². The van der Waals surface area contributed by atoms with Crippen molar-refractivity contribution in [3.63, 3.8) is 0 Å². The molecule has 0 spiro atoms. The lowest BCUT2D eigenvalue weighted by Gasteiger charge is -2.24. The Kier molecular flexibility index (Phi) is 5.58. The van der Waals surface area contributed by atoms with Gasteiger partial charge in [-0.15, -0.1) is 0 Å². The van der Waals surface area contributed by atoms with Crippen molar-refractivity contribution in [2.75, 3.05) is 13.1 Å². The highest BCUT2D eigenvalue weighted by molar-refractivity contribution is 7.90. The van der Waals surface area contributed by atoms with Crippen LogP contribution < -0.4 is 0 Å². The lowest BCUT2D eigenvalue weighted by molar-refractivity contribution is 0.0709. The highest BCUT2D eigenvalue weighted by Gasteiger charge is 2.26. The molecule has 0 unspecified atom stereocenters. The second kappa shape index (κ2) is 7.87. The quantitative estimate of drug-likeness (QED) is 0.833. The number of sulfone groups is 1. The fourth-order valence-electron chi connectivity index (χ4n) is 3.15. The summed E-state index contributed by atoms with van der Waals surface area (Å²) in [5, 5.41) is 0. The number of hydrogen-bond donors (Lipinski definition) is 0. The van der Waals surface area contributed by atoms with Gasteiger partial charge in [-0.3, -0.25) is 4.79 Å². The minimum Gasteiger partial charge on any atom is -0.459 e. The Morgan fingerprint density at radius 2 is 1.60 bits per heavy atom. The Morgan fingerprint density at radius 1 is 0.960 bits per heavy atom. The summed E-state index contributed by atoms with van der Waals surface area (Å²) < 4.78 is 30.5. The Morgan fingerprint density at radius 3 is 2.28 bits per heavy atom. The number of amides is 1. The van der Waals surface area contributed by atoms with Gasteiger partial charge in [0.25, 0.3) is 5.91 Å². The first kappa shape index (κ1) is 17.7. The third-order valence-electron chi connectivity index (χ3n) is 4.53. The third-order valence-corrected chi connectivity index (χ3v) is 6.21. The van der Waals surface area contributed by atoms with Crippen LogP contribution in [-0.2, 0) is 15.6 Å². The van der Waals surface area contributed by atoms with E-state index in [2.05, 4.69) is 0 Å². The van der Waals surface area contributed by atoms with Crippen LogP contribution in [0, 0.1) is 0 Å². The summed E-state index contributed by atoms with van der Waals surface area (Å²) in [6.45, 7) is 1.40. The largest absolute Gasteiger partial charge is 0.459 e. The number of furan rings is 1. The second-order valence-corrected chi connectivity index (χ2v) is 8.40. The van der Waals surface area contributed by atoms with Gasteiger partial charge in [0.2, 0.25) is 0 Å². The lowest BCUT2D eigenvalue weighted by atomic mass is 10.1. The normalized spacial score (nSPS) is 16.2. The molecule has 0 saturated carbocycles. The maximum atomic E-state index is 12.8. The summed E-state index contributed by atoms with van der Waals surface area (Å²) in [7, 11) is -3.51. The Hall–Kier alpha value is -2.08. The van der Waals surface area contributed by atoms with E-state index in [9.17, 15) is 13.2 Å².